The highest BCUT2D eigenvalue weighted by atomic mass is 16.5. The van der Waals surface area contributed by atoms with Crippen LogP contribution in [0.4, 0.5) is 0 Å². The van der Waals surface area contributed by atoms with Gasteiger partial charge in [-0.3, -0.25) is 9.88 Å². The quantitative estimate of drug-likeness (QED) is 0.676. The van der Waals surface area contributed by atoms with Crippen LogP contribution in [0.3, 0.4) is 0 Å². The molecule has 3 atom stereocenters. The monoisotopic (exact) mass is 337 g/mol. The van der Waals surface area contributed by atoms with Gasteiger partial charge in [0.15, 0.2) is 0 Å². The van der Waals surface area contributed by atoms with Gasteiger partial charge < -0.3 is 9.94 Å². The molecule has 0 amide bonds. The number of hydrogen-bond donors (Lipinski definition) is 1. The van der Waals surface area contributed by atoms with Crippen LogP contribution < -0.4 is 0 Å². The van der Waals surface area contributed by atoms with Crippen molar-refractivity contribution in [3.05, 3.63) is 65.0 Å². The Morgan fingerprint density at radius 3 is 2.88 bits per heavy atom. The molecule has 3 unspecified atom stereocenters. The molecular formula is C20H23N3O2. The molecule has 4 rings (SSSR count). The van der Waals surface area contributed by atoms with Crippen molar-refractivity contribution in [1.82, 2.24) is 9.88 Å². The molecule has 5 heteroatoms. The van der Waals surface area contributed by atoms with Crippen LogP contribution in [0.2, 0.25) is 0 Å². The van der Waals surface area contributed by atoms with Crippen molar-refractivity contribution in [1.29, 1.82) is 0 Å². The minimum atomic E-state index is -0.285. The molecule has 2 aliphatic rings. The summed E-state index contributed by atoms with van der Waals surface area (Å²) in [5.41, 5.74) is 5.39. The maximum atomic E-state index is 9.79. The summed E-state index contributed by atoms with van der Waals surface area (Å²) in [7, 11) is 1.69. The second kappa shape index (κ2) is 6.58. The molecule has 3 heterocycles. The number of pyridine rings is 1. The summed E-state index contributed by atoms with van der Waals surface area (Å²) in [6.07, 6.45) is 2.56. The fourth-order valence-corrected chi connectivity index (χ4v) is 4.27. The second-order valence-electron chi connectivity index (χ2n) is 6.88. The molecule has 2 aromatic rings. The highest BCUT2D eigenvalue weighted by molar-refractivity contribution is 5.96. The van der Waals surface area contributed by atoms with E-state index in [1.807, 2.05) is 12.3 Å². The lowest BCUT2D eigenvalue weighted by molar-refractivity contribution is 0.0270. The zero-order valence-electron chi connectivity index (χ0n) is 14.6. The Morgan fingerprint density at radius 2 is 2.12 bits per heavy atom. The van der Waals surface area contributed by atoms with Crippen molar-refractivity contribution >= 4 is 5.71 Å². The highest BCUT2D eigenvalue weighted by Gasteiger charge is 2.45. The molecule has 1 aromatic carbocycles. The lowest BCUT2D eigenvalue weighted by Gasteiger charge is -2.47. The fraction of sp³-hybridized carbons (Fsp3) is 0.400. The van der Waals surface area contributed by atoms with Gasteiger partial charge in [0.1, 0.15) is 6.10 Å². The van der Waals surface area contributed by atoms with E-state index in [1.165, 1.54) is 11.1 Å². The molecule has 0 aliphatic carbocycles. The van der Waals surface area contributed by atoms with Crippen molar-refractivity contribution in [2.45, 2.75) is 31.4 Å². The van der Waals surface area contributed by atoms with E-state index in [4.69, 9.17) is 4.74 Å². The summed E-state index contributed by atoms with van der Waals surface area (Å²) in [6.45, 7) is 3.81. The molecule has 130 valence electrons. The van der Waals surface area contributed by atoms with Crippen LogP contribution in [-0.2, 0) is 11.2 Å². The first-order valence-electron chi connectivity index (χ1n) is 8.72. The molecular weight excluding hydrogens is 314 g/mol. The van der Waals surface area contributed by atoms with Crippen LogP contribution in [0.1, 0.15) is 34.3 Å². The van der Waals surface area contributed by atoms with E-state index in [0.29, 0.717) is 5.71 Å². The van der Waals surface area contributed by atoms with Crippen molar-refractivity contribution in [3.8, 4) is 0 Å². The summed E-state index contributed by atoms with van der Waals surface area (Å²) in [6, 6.07) is 12.6. The summed E-state index contributed by atoms with van der Waals surface area (Å²) in [4.78, 5) is 6.98. The van der Waals surface area contributed by atoms with Crippen LogP contribution in [0.5, 0.6) is 0 Å². The van der Waals surface area contributed by atoms with Gasteiger partial charge in [-0.05, 0) is 42.2 Å². The molecule has 0 spiro atoms. The number of methoxy groups -OCH3 is 1. The Morgan fingerprint density at radius 1 is 1.28 bits per heavy atom. The topological polar surface area (TPSA) is 58.0 Å². The van der Waals surface area contributed by atoms with Crippen LogP contribution in [0.15, 0.2) is 47.8 Å². The molecule has 0 bridgehead atoms. The second-order valence-corrected chi connectivity index (χ2v) is 6.88. The number of oxime groups is 1. The van der Waals surface area contributed by atoms with E-state index in [-0.39, 0.29) is 18.1 Å². The fourth-order valence-electron chi connectivity index (χ4n) is 4.27. The minimum absolute atomic E-state index is 0.0589. The van der Waals surface area contributed by atoms with Gasteiger partial charge in [0.25, 0.3) is 0 Å². The maximum Gasteiger partial charge on any atom is 0.119 e. The Bertz CT molecular complexity index is 805. The molecule has 1 aromatic heterocycles. The van der Waals surface area contributed by atoms with Gasteiger partial charge in [0, 0.05) is 26.4 Å². The lowest BCUT2D eigenvalue weighted by atomic mass is 9.79. The summed E-state index contributed by atoms with van der Waals surface area (Å²) >= 11 is 0. The molecule has 2 aliphatic heterocycles. The molecule has 0 saturated carbocycles. The van der Waals surface area contributed by atoms with Crippen molar-refractivity contribution < 1.29 is 9.94 Å². The Labute approximate surface area is 147 Å². The lowest BCUT2D eigenvalue weighted by Crippen LogP contribution is -2.54. The van der Waals surface area contributed by atoms with Gasteiger partial charge in [-0.15, -0.1) is 0 Å². The van der Waals surface area contributed by atoms with E-state index in [0.717, 1.165) is 30.8 Å². The normalized spacial score (nSPS) is 27.8. The van der Waals surface area contributed by atoms with Gasteiger partial charge in [-0.2, -0.15) is 0 Å². The number of aryl methyl sites for hydroxylation is 1. The molecule has 1 N–H and O–H groups in total. The zero-order chi connectivity index (χ0) is 17.4. The molecule has 5 nitrogen and oxygen atoms in total. The zero-order valence-corrected chi connectivity index (χ0v) is 14.6. The summed E-state index contributed by atoms with van der Waals surface area (Å²) < 4.78 is 5.84. The number of nitrogens with zero attached hydrogens (tertiary/aromatic N) is 3. The predicted molar refractivity (Wildman–Crippen MR) is 96.2 cm³/mol. The Balaban J connectivity index is 1.77. The maximum absolute atomic E-state index is 9.79. The number of rotatable bonds is 2. The largest absolute Gasteiger partial charge is 0.411 e. The van der Waals surface area contributed by atoms with E-state index in [1.54, 1.807) is 7.11 Å². The van der Waals surface area contributed by atoms with Gasteiger partial charge in [-0.25, -0.2) is 0 Å². The summed E-state index contributed by atoms with van der Waals surface area (Å²) in [5.74, 6) is -0.0589. The average Bonchev–Trinajstić information content (AvgIpc) is 2.66. The van der Waals surface area contributed by atoms with Crippen LogP contribution >= 0.6 is 0 Å². The number of aromatic nitrogens is 1. The van der Waals surface area contributed by atoms with E-state index >= 15 is 0 Å². The Hall–Kier alpha value is -2.24. The molecule has 1 saturated heterocycles. The van der Waals surface area contributed by atoms with Crippen LogP contribution in [-0.4, -0.2) is 47.1 Å². The number of fused-ring (bicyclic) bond motifs is 3. The molecule has 1 fully saturated rings. The standard InChI is InChI=1S/C20H23N3O2/c1-13-7-9-21-17(11-13)16-12-23-10-8-14-5-3-4-6-15(14)19(23)20(25-2)18(16)22-24/h3-7,9,11,16,19-20,24H,8,10,12H2,1-2H3. The first-order chi connectivity index (χ1) is 12.2. The van der Waals surface area contributed by atoms with Gasteiger partial charge >= 0.3 is 0 Å². The number of hydrogen-bond acceptors (Lipinski definition) is 5. The third-order valence-electron chi connectivity index (χ3n) is 5.45. The third-order valence-corrected chi connectivity index (χ3v) is 5.45. The SMILES string of the molecule is COC1C(=NO)C(c2cc(C)ccn2)CN2CCc3ccccc3C12. The molecule has 25 heavy (non-hydrogen) atoms. The van der Waals surface area contributed by atoms with Crippen LogP contribution in [0.25, 0.3) is 0 Å². The number of piperidine rings is 1. The Kier molecular flexibility index (Phi) is 4.27. The first kappa shape index (κ1) is 16.2. The van der Waals surface area contributed by atoms with Crippen molar-refractivity contribution in [2.75, 3.05) is 20.2 Å². The first-order valence-corrected chi connectivity index (χ1v) is 8.72. The third kappa shape index (κ3) is 2.73. The van der Waals surface area contributed by atoms with Gasteiger partial charge in [0.2, 0.25) is 0 Å². The van der Waals surface area contributed by atoms with Gasteiger partial charge in [0.05, 0.1) is 23.4 Å². The minimum Gasteiger partial charge on any atom is -0.411 e. The van der Waals surface area contributed by atoms with Crippen molar-refractivity contribution in [3.63, 3.8) is 0 Å². The number of benzene rings is 1. The van der Waals surface area contributed by atoms with E-state index < -0.39 is 0 Å². The molecule has 0 radical (unpaired) electrons. The van der Waals surface area contributed by atoms with Crippen molar-refractivity contribution in [2.24, 2.45) is 5.16 Å². The smallest absolute Gasteiger partial charge is 0.119 e. The highest BCUT2D eigenvalue weighted by Crippen LogP contribution is 2.41. The number of ether oxygens (including phenoxy) is 1. The van der Waals surface area contributed by atoms with E-state index in [2.05, 4.69) is 52.3 Å². The summed E-state index contributed by atoms with van der Waals surface area (Å²) in [5, 5.41) is 13.5. The van der Waals surface area contributed by atoms with E-state index in [9.17, 15) is 5.21 Å². The predicted octanol–water partition coefficient (Wildman–Crippen LogP) is 2.93. The average molecular weight is 337 g/mol. The van der Waals surface area contributed by atoms with Gasteiger partial charge in [-0.1, -0.05) is 29.4 Å². The van der Waals surface area contributed by atoms with Crippen LogP contribution in [0, 0.1) is 6.92 Å².